The van der Waals surface area contributed by atoms with Crippen LogP contribution in [0.3, 0.4) is 0 Å². The van der Waals surface area contributed by atoms with Crippen molar-refractivity contribution < 1.29 is 14.6 Å². The van der Waals surface area contributed by atoms with Gasteiger partial charge in [0.05, 0.1) is 6.61 Å². The number of unbranched alkanes of at least 4 members (excludes halogenated alkanes) is 17. The van der Waals surface area contributed by atoms with E-state index >= 15 is 0 Å². The first-order chi connectivity index (χ1) is 15.7. The number of carbonyl (C=O) groups excluding carboxylic acids is 1. The summed E-state index contributed by atoms with van der Waals surface area (Å²) in [6, 6.07) is 0. The molecule has 0 unspecified atom stereocenters. The zero-order chi connectivity index (χ0) is 23.5. The number of aliphatic hydroxyl groups is 1. The molecule has 0 aromatic heterocycles. The van der Waals surface area contributed by atoms with Gasteiger partial charge in [0.25, 0.3) is 0 Å². The fraction of sp³-hybridized carbons (Fsp3) is 0.964. The number of carbonyl (C=O) groups is 1. The van der Waals surface area contributed by atoms with Crippen molar-refractivity contribution in [3.05, 3.63) is 0 Å². The summed E-state index contributed by atoms with van der Waals surface area (Å²) in [6.07, 6.45) is 25.3. The van der Waals surface area contributed by atoms with Crippen molar-refractivity contribution in [1.82, 2.24) is 4.90 Å². The summed E-state index contributed by atoms with van der Waals surface area (Å²) in [4.78, 5) is 14.2. The number of nitrogens with zero attached hydrogens (tertiary/aromatic N) is 1. The van der Waals surface area contributed by atoms with Crippen molar-refractivity contribution in [1.29, 1.82) is 0 Å². The van der Waals surface area contributed by atoms with Crippen LogP contribution in [0.2, 0.25) is 0 Å². The Morgan fingerprint density at radius 3 is 1.50 bits per heavy atom. The molecule has 0 heterocycles. The molecule has 0 aliphatic carbocycles. The monoisotopic (exact) mass is 455 g/mol. The minimum absolute atomic E-state index is 0.0594. The number of esters is 1. The standard InChI is InChI=1S/C28H57NO3/c1-3-5-7-9-11-13-15-17-19-21-23-29(24-26-30)25-27-32-28(31)22-20-18-16-14-12-10-8-6-4-2/h30H,3-27H2,1-2H3. The van der Waals surface area contributed by atoms with Crippen molar-refractivity contribution in [2.45, 2.75) is 142 Å². The maximum absolute atomic E-state index is 11.9. The van der Waals surface area contributed by atoms with Gasteiger partial charge >= 0.3 is 5.97 Å². The molecule has 1 N–H and O–H groups in total. The second kappa shape index (κ2) is 26.6. The Morgan fingerprint density at radius 2 is 1.03 bits per heavy atom. The van der Waals surface area contributed by atoms with Crippen LogP contribution in [0.4, 0.5) is 0 Å². The van der Waals surface area contributed by atoms with Gasteiger partial charge < -0.3 is 9.84 Å². The lowest BCUT2D eigenvalue weighted by Crippen LogP contribution is -2.32. The molecule has 0 aromatic carbocycles. The van der Waals surface area contributed by atoms with Crippen molar-refractivity contribution >= 4 is 5.97 Å². The van der Waals surface area contributed by atoms with Gasteiger partial charge in [0.1, 0.15) is 6.61 Å². The van der Waals surface area contributed by atoms with E-state index in [1.54, 1.807) is 0 Å². The lowest BCUT2D eigenvalue weighted by Gasteiger charge is -2.21. The van der Waals surface area contributed by atoms with E-state index in [0.29, 0.717) is 19.6 Å². The molecule has 192 valence electrons. The molecule has 0 saturated carbocycles. The maximum atomic E-state index is 11.9. The third-order valence-corrected chi connectivity index (χ3v) is 6.40. The largest absolute Gasteiger partial charge is 0.464 e. The summed E-state index contributed by atoms with van der Waals surface area (Å²) in [5.74, 6) is -0.0594. The summed E-state index contributed by atoms with van der Waals surface area (Å²) in [7, 11) is 0. The molecule has 0 aromatic rings. The van der Waals surface area contributed by atoms with Gasteiger partial charge in [-0.3, -0.25) is 9.69 Å². The highest BCUT2D eigenvalue weighted by molar-refractivity contribution is 5.69. The Bertz CT molecular complexity index is 376. The van der Waals surface area contributed by atoms with E-state index in [1.165, 1.54) is 109 Å². The smallest absolute Gasteiger partial charge is 0.305 e. The summed E-state index contributed by atoms with van der Waals surface area (Å²) < 4.78 is 5.43. The molecule has 0 aliphatic rings. The fourth-order valence-electron chi connectivity index (χ4n) is 4.24. The molecule has 0 bridgehead atoms. The van der Waals surface area contributed by atoms with Crippen molar-refractivity contribution in [2.24, 2.45) is 0 Å². The van der Waals surface area contributed by atoms with Crippen LogP contribution in [0.15, 0.2) is 0 Å². The number of rotatable bonds is 26. The number of ether oxygens (including phenoxy) is 1. The highest BCUT2D eigenvalue weighted by Crippen LogP contribution is 2.12. The first-order valence-electron chi connectivity index (χ1n) is 14.2. The lowest BCUT2D eigenvalue weighted by atomic mass is 10.1. The second-order valence-electron chi connectivity index (χ2n) is 9.55. The maximum Gasteiger partial charge on any atom is 0.305 e. The first kappa shape index (κ1) is 31.4. The van der Waals surface area contributed by atoms with Gasteiger partial charge in [-0.2, -0.15) is 0 Å². The normalized spacial score (nSPS) is 11.4. The number of aliphatic hydroxyl groups excluding tert-OH is 1. The van der Waals surface area contributed by atoms with Crippen LogP contribution in [0.5, 0.6) is 0 Å². The molecule has 0 atom stereocenters. The van der Waals surface area contributed by atoms with Gasteiger partial charge in [-0.1, -0.05) is 123 Å². The van der Waals surface area contributed by atoms with Crippen LogP contribution in [0, 0.1) is 0 Å². The quantitative estimate of drug-likeness (QED) is 0.107. The predicted molar refractivity (Wildman–Crippen MR) is 138 cm³/mol. The Morgan fingerprint density at radius 1 is 0.594 bits per heavy atom. The number of hydrogen-bond acceptors (Lipinski definition) is 4. The van der Waals surface area contributed by atoms with Crippen LogP contribution < -0.4 is 0 Å². The van der Waals surface area contributed by atoms with Gasteiger partial charge in [-0.05, 0) is 19.4 Å². The molecule has 0 rings (SSSR count). The second-order valence-corrected chi connectivity index (χ2v) is 9.55. The van der Waals surface area contributed by atoms with Crippen molar-refractivity contribution in [2.75, 3.05) is 32.8 Å². The highest BCUT2D eigenvalue weighted by atomic mass is 16.5. The SMILES string of the molecule is CCCCCCCCCCCCN(CCO)CCOC(=O)CCCCCCCCCCC. The van der Waals surface area contributed by atoms with Crippen LogP contribution in [-0.2, 0) is 9.53 Å². The molecule has 0 aliphatic heterocycles. The highest BCUT2D eigenvalue weighted by Gasteiger charge is 2.07. The van der Waals surface area contributed by atoms with E-state index < -0.39 is 0 Å². The predicted octanol–water partition coefficient (Wildman–Crippen LogP) is 7.67. The van der Waals surface area contributed by atoms with E-state index in [2.05, 4.69) is 18.7 Å². The van der Waals surface area contributed by atoms with E-state index in [9.17, 15) is 9.90 Å². The average molecular weight is 456 g/mol. The first-order valence-corrected chi connectivity index (χ1v) is 14.2. The molecule has 0 radical (unpaired) electrons. The third kappa shape index (κ3) is 24.0. The van der Waals surface area contributed by atoms with E-state index in [-0.39, 0.29) is 12.6 Å². The van der Waals surface area contributed by atoms with Crippen LogP contribution in [0.25, 0.3) is 0 Å². The summed E-state index contributed by atoms with van der Waals surface area (Å²) in [5, 5.41) is 9.30. The van der Waals surface area contributed by atoms with Crippen LogP contribution in [0.1, 0.15) is 142 Å². The zero-order valence-corrected chi connectivity index (χ0v) is 21.9. The van der Waals surface area contributed by atoms with Crippen molar-refractivity contribution in [3.8, 4) is 0 Å². The molecule has 0 spiro atoms. The molecular formula is C28H57NO3. The fourth-order valence-corrected chi connectivity index (χ4v) is 4.24. The summed E-state index contributed by atoms with van der Waals surface area (Å²) in [5.41, 5.74) is 0. The lowest BCUT2D eigenvalue weighted by molar-refractivity contribution is -0.144. The molecule has 4 nitrogen and oxygen atoms in total. The summed E-state index contributed by atoms with van der Waals surface area (Å²) >= 11 is 0. The zero-order valence-electron chi connectivity index (χ0n) is 21.9. The Kier molecular flexibility index (Phi) is 26.1. The van der Waals surface area contributed by atoms with Crippen LogP contribution >= 0.6 is 0 Å². The van der Waals surface area contributed by atoms with Gasteiger partial charge in [0, 0.05) is 19.5 Å². The third-order valence-electron chi connectivity index (χ3n) is 6.40. The van der Waals surface area contributed by atoms with Crippen LogP contribution in [-0.4, -0.2) is 48.8 Å². The van der Waals surface area contributed by atoms with Gasteiger partial charge in [0.15, 0.2) is 0 Å². The Hall–Kier alpha value is -0.610. The van der Waals surface area contributed by atoms with Gasteiger partial charge in [-0.25, -0.2) is 0 Å². The van der Waals surface area contributed by atoms with E-state index in [4.69, 9.17) is 4.74 Å². The summed E-state index contributed by atoms with van der Waals surface area (Å²) in [6.45, 7) is 7.55. The average Bonchev–Trinajstić information content (AvgIpc) is 2.79. The topological polar surface area (TPSA) is 49.8 Å². The van der Waals surface area contributed by atoms with Crippen molar-refractivity contribution in [3.63, 3.8) is 0 Å². The minimum atomic E-state index is -0.0594. The van der Waals surface area contributed by atoms with Gasteiger partial charge in [0.2, 0.25) is 0 Å². The molecular weight excluding hydrogens is 398 g/mol. The van der Waals surface area contributed by atoms with E-state index in [1.807, 2.05) is 0 Å². The Labute approximate surface area is 200 Å². The Balaban J connectivity index is 3.55. The molecule has 0 saturated heterocycles. The minimum Gasteiger partial charge on any atom is -0.464 e. The molecule has 0 amide bonds. The van der Waals surface area contributed by atoms with E-state index in [0.717, 1.165) is 25.9 Å². The molecule has 32 heavy (non-hydrogen) atoms. The van der Waals surface area contributed by atoms with Gasteiger partial charge in [-0.15, -0.1) is 0 Å². The number of hydrogen-bond donors (Lipinski definition) is 1. The molecule has 4 heteroatoms. The molecule has 0 fully saturated rings.